The molecule has 2 saturated heterocycles. The summed E-state index contributed by atoms with van der Waals surface area (Å²) in [5, 5.41) is 3.16. The Bertz CT molecular complexity index is 800. The molecule has 2 aromatic rings. The van der Waals surface area contributed by atoms with Crippen molar-refractivity contribution in [1.29, 1.82) is 0 Å². The Morgan fingerprint density at radius 2 is 1.53 bits per heavy atom. The summed E-state index contributed by atoms with van der Waals surface area (Å²) >= 11 is 0. The summed E-state index contributed by atoms with van der Waals surface area (Å²) in [5.41, 5.74) is 3.84. The molecule has 0 aliphatic carbocycles. The van der Waals surface area contributed by atoms with E-state index in [2.05, 4.69) is 64.8 Å². The third-order valence-electron chi connectivity index (χ3n) is 6.24. The number of morpholine rings is 1. The van der Waals surface area contributed by atoms with Gasteiger partial charge >= 0.3 is 0 Å². The van der Waals surface area contributed by atoms with Crippen molar-refractivity contribution >= 4 is 11.6 Å². The Labute approximate surface area is 179 Å². The number of hydrogen-bond donors (Lipinski definition) is 3. The Balaban J connectivity index is 1.23. The van der Waals surface area contributed by atoms with Gasteiger partial charge in [0.05, 0.1) is 39.4 Å². The van der Waals surface area contributed by atoms with Gasteiger partial charge in [-0.3, -0.25) is 4.79 Å². The molecule has 2 fully saturated rings. The molecule has 3 N–H and O–H groups in total. The number of para-hydroxylation sites is 1. The number of hydrogen-bond acceptors (Lipinski definition) is 3. The fourth-order valence-corrected chi connectivity index (χ4v) is 4.39. The van der Waals surface area contributed by atoms with Crippen molar-refractivity contribution in [2.75, 3.05) is 63.9 Å². The zero-order chi connectivity index (χ0) is 20.6. The number of anilines is 1. The molecular weight excluding hydrogens is 376 g/mol. The molecule has 160 valence electrons. The molecule has 2 heterocycles. The lowest BCUT2D eigenvalue weighted by Gasteiger charge is -2.33. The number of ether oxygens (including phenoxy) is 1. The van der Waals surface area contributed by atoms with E-state index in [9.17, 15) is 4.79 Å². The average molecular weight is 411 g/mol. The number of nitrogens with one attached hydrogen (secondary N) is 3. The molecule has 1 amide bonds. The van der Waals surface area contributed by atoms with Crippen LogP contribution in [-0.2, 0) is 22.6 Å². The zero-order valence-corrected chi connectivity index (χ0v) is 17.7. The fraction of sp³-hybridized carbons (Fsp3) is 0.458. The van der Waals surface area contributed by atoms with Gasteiger partial charge in [0.15, 0.2) is 6.54 Å². The van der Waals surface area contributed by atoms with E-state index in [0.29, 0.717) is 13.1 Å². The topological polar surface area (TPSA) is 50.5 Å². The highest BCUT2D eigenvalue weighted by Crippen LogP contribution is 2.12. The van der Waals surface area contributed by atoms with Crippen LogP contribution in [0.15, 0.2) is 54.6 Å². The second-order valence-electron chi connectivity index (χ2n) is 8.33. The molecule has 2 aliphatic rings. The van der Waals surface area contributed by atoms with Crippen LogP contribution in [0.1, 0.15) is 11.1 Å². The van der Waals surface area contributed by atoms with E-state index in [0.717, 1.165) is 59.0 Å². The number of quaternary nitrogens is 2. The molecule has 0 radical (unpaired) electrons. The van der Waals surface area contributed by atoms with Gasteiger partial charge in [-0.1, -0.05) is 42.5 Å². The Hall–Kier alpha value is -2.41. The van der Waals surface area contributed by atoms with E-state index in [1.165, 1.54) is 21.7 Å². The maximum atomic E-state index is 12.6. The minimum atomic E-state index is 0.145. The molecule has 6 nitrogen and oxygen atoms in total. The lowest BCUT2D eigenvalue weighted by atomic mass is 10.1. The van der Waals surface area contributed by atoms with Crippen LogP contribution in [0.4, 0.5) is 5.69 Å². The van der Waals surface area contributed by atoms with Crippen LogP contribution in [0, 0.1) is 0 Å². The van der Waals surface area contributed by atoms with E-state index in [1.807, 2.05) is 0 Å². The smallest absolute Gasteiger partial charge is 0.275 e. The number of nitrogens with zero attached hydrogens (tertiary/aromatic N) is 1. The van der Waals surface area contributed by atoms with E-state index < -0.39 is 0 Å². The van der Waals surface area contributed by atoms with Crippen LogP contribution in [0.5, 0.6) is 0 Å². The fourth-order valence-electron chi connectivity index (χ4n) is 4.39. The number of rotatable bonds is 7. The molecular formula is C24H34N4O2+2. The zero-order valence-electron chi connectivity index (χ0n) is 17.7. The van der Waals surface area contributed by atoms with Crippen molar-refractivity contribution < 1.29 is 19.3 Å². The Morgan fingerprint density at radius 1 is 0.867 bits per heavy atom. The van der Waals surface area contributed by atoms with Gasteiger partial charge in [-0.25, -0.2) is 0 Å². The predicted molar refractivity (Wildman–Crippen MR) is 118 cm³/mol. The first-order chi connectivity index (χ1) is 14.8. The van der Waals surface area contributed by atoms with Gasteiger partial charge in [0, 0.05) is 17.8 Å². The largest absolute Gasteiger partial charge is 0.370 e. The van der Waals surface area contributed by atoms with Crippen molar-refractivity contribution in [2.24, 2.45) is 0 Å². The summed E-state index contributed by atoms with van der Waals surface area (Å²) in [4.78, 5) is 17.9. The number of carbonyl (C=O) groups excluding carboxylic acids is 1. The van der Waals surface area contributed by atoms with Gasteiger partial charge in [0.1, 0.15) is 19.6 Å². The molecule has 4 rings (SSSR count). The van der Waals surface area contributed by atoms with Gasteiger partial charge in [0.2, 0.25) is 0 Å². The number of piperazine rings is 1. The second-order valence-corrected chi connectivity index (χ2v) is 8.33. The van der Waals surface area contributed by atoms with Gasteiger partial charge in [-0.2, -0.15) is 0 Å². The van der Waals surface area contributed by atoms with Gasteiger partial charge < -0.3 is 24.8 Å². The first-order valence-corrected chi connectivity index (χ1v) is 11.2. The van der Waals surface area contributed by atoms with E-state index in [4.69, 9.17) is 4.74 Å². The summed E-state index contributed by atoms with van der Waals surface area (Å²) in [7, 11) is 0. The highest BCUT2D eigenvalue weighted by atomic mass is 16.5. The lowest BCUT2D eigenvalue weighted by molar-refractivity contribution is -0.921. The summed E-state index contributed by atoms with van der Waals surface area (Å²) in [5.74, 6) is 0.145. The standard InChI is InChI=1S/C24H32N4O2/c29-24(20-26-10-12-28(13-11-26)23-8-2-1-3-9-23)25-18-21-6-4-5-7-22(21)19-27-14-16-30-17-15-27/h1-9H,10-20H2,(H,25,29)/p+2. The summed E-state index contributed by atoms with van der Waals surface area (Å²) < 4.78 is 5.47. The molecule has 0 unspecified atom stereocenters. The van der Waals surface area contributed by atoms with Crippen LogP contribution in [-0.4, -0.2) is 64.9 Å². The van der Waals surface area contributed by atoms with Crippen LogP contribution in [0.3, 0.4) is 0 Å². The van der Waals surface area contributed by atoms with Crippen LogP contribution >= 0.6 is 0 Å². The van der Waals surface area contributed by atoms with E-state index in [-0.39, 0.29) is 5.91 Å². The van der Waals surface area contributed by atoms with Crippen LogP contribution in [0.2, 0.25) is 0 Å². The normalized spacial score (nSPS) is 18.3. The van der Waals surface area contributed by atoms with E-state index in [1.54, 1.807) is 4.90 Å². The SMILES string of the molecule is O=C(C[NH+]1CCN(c2ccccc2)CC1)NCc1ccccc1C[NH+]1CCOCC1. The van der Waals surface area contributed by atoms with Crippen LogP contribution in [0.25, 0.3) is 0 Å². The maximum Gasteiger partial charge on any atom is 0.275 e. The summed E-state index contributed by atoms with van der Waals surface area (Å²) in [6, 6.07) is 19.0. The quantitative estimate of drug-likeness (QED) is 0.556. The number of amides is 1. The Morgan fingerprint density at radius 3 is 2.27 bits per heavy atom. The first-order valence-electron chi connectivity index (χ1n) is 11.2. The third-order valence-corrected chi connectivity index (χ3v) is 6.24. The van der Waals surface area contributed by atoms with Crippen LogP contribution < -0.4 is 20.0 Å². The summed E-state index contributed by atoms with van der Waals surface area (Å²) in [6.45, 7) is 9.96. The maximum absolute atomic E-state index is 12.6. The highest BCUT2D eigenvalue weighted by molar-refractivity contribution is 5.76. The molecule has 2 aromatic carbocycles. The Kier molecular flexibility index (Phi) is 7.34. The molecule has 0 aromatic heterocycles. The van der Waals surface area contributed by atoms with Crippen molar-refractivity contribution in [1.82, 2.24) is 5.32 Å². The van der Waals surface area contributed by atoms with Crippen molar-refractivity contribution in [3.8, 4) is 0 Å². The molecule has 0 spiro atoms. The monoisotopic (exact) mass is 410 g/mol. The molecule has 0 atom stereocenters. The summed E-state index contributed by atoms with van der Waals surface area (Å²) in [6.07, 6.45) is 0. The predicted octanol–water partition coefficient (Wildman–Crippen LogP) is -0.877. The third kappa shape index (κ3) is 5.81. The van der Waals surface area contributed by atoms with Crippen molar-refractivity contribution in [3.05, 3.63) is 65.7 Å². The van der Waals surface area contributed by atoms with Crippen molar-refractivity contribution in [3.63, 3.8) is 0 Å². The highest BCUT2D eigenvalue weighted by Gasteiger charge is 2.22. The van der Waals surface area contributed by atoms with Crippen molar-refractivity contribution in [2.45, 2.75) is 13.1 Å². The number of carbonyl (C=O) groups is 1. The molecule has 0 bridgehead atoms. The molecule has 2 aliphatic heterocycles. The van der Waals surface area contributed by atoms with Gasteiger partial charge in [-0.15, -0.1) is 0 Å². The first kappa shape index (κ1) is 20.8. The minimum Gasteiger partial charge on any atom is -0.370 e. The second kappa shape index (κ2) is 10.6. The number of benzene rings is 2. The van der Waals surface area contributed by atoms with E-state index >= 15 is 0 Å². The minimum absolute atomic E-state index is 0.145. The molecule has 0 saturated carbocycles. The average Bonchev–Trinajstić information content (AvgIpc) is 2.80. The molecule has 30 heavy (non-hydrogen) atoms. The van der Waals surface area contributed by atoms with Gasteiger partial charge in [0.25, 0.3) is 5.91 Å². The molecule has 6 heteroatoms. The van der Waals surface area contributed by atoms with Gasteiger partial charge in [-0.05, 0) is 17.7 Å². The lowest BCUT2D eigenvalue weighted by Crippen LogP contribution is -3.15.